The number of amides is 1. The Morgan fingerprint density at radius 3 is 2.62 bits per heavy atom. The van der Waals surface area contributed by atoms with Gasteiger partial charge in [0.2, 0.25) is 0 Å². The second-order valence-electron chi connectivity index (χ2n) is 6.22. The van der Waals surface area contributed by atoms with E-state index in [1.165, 1.54) is 0 Å². The summed E-state index contributed by atoms with van der Waals surface area (Å²) < 4.78 is 10.5. The van der Waals surface area contributed by atoms with E-state index in [0.717, 1.165) is 12.8 Å². The number of ether oxygens (including phenoxy) is 2. The van der Waals surface area contributed by atoms with Crippen molar-refractivity contribution in [2.75, 3.05) is 19.7 Å². The summed E-state index contributed by atoms with van der Waals surface area (Å²) in [5, 5.41) is 0. The van der Waals surface area contributed by atoms with E-state index in [-0.39, 0.29) is 18.0 Å². The van der Waals surface area contributed by atoms with Gasteiger partial charge in [-0.25, -0.2) is 4.79 Å². The van der Waals surface area contributed by atoms with Crippen LogP contribution in [0, 0.1) is 5.92 Å². The zero-order chi connectivity index (χ0) is 15.9. The Hall–Kier alpha value is -1.52. The molecular formula is C16H27NO4. The molecule has 5 heteroatoms. The minimum atomic E-state index is -0.535. The van der Waals surface area contributed by atoms with E-state index in [9.17, 15) is 9.59 Å². The van der Waals surface area contributed by atoms with Crippen molar-refractivity contribution in [3.05, 3.63) is 12.2 Å². The highest BCUT2D eigenvalue weighted by atomic mass is 16.6. The van der Waals surface area contributed by atoms with Gasteiger partial charge in [0, 0.05) is 13.1 Å². The number of nitrogens with zero attached hydrogens (tertiary/aromatic N) is 1. The molecule has 120 valence electrons. The molecule has 21 heavy (non-hydrogen) atoms. The van der Waals surface area contributed by atoms with Gasteiger partial charge in [-0.05, 0) is 47.0 Å². The van der Waals surface area contributed by atoms with Crippen molar-refractivity contribution in [1.29, 1.82) is 0 Å². The molecule has 0 fully saturated rings. The third-order valence-corrected chi connectivity index (χ3v) is 3.10. The summed E-state index contributed by atoms with van der Waals surface area (Å²) in [4.78, 5) is 25.9. The van der Waals surface area contributed by atoms with E-state index in [4.69, 9.17) is 9.47 Å². The van der Waals surface area contributed by atoms with Gasteiger partial charge in [0.05, 0.1) is 12.5 Å². The fourth-order valence-electron chi connectivity index (χ4n) is 2.13. The third kappa shape index (κ3) is 6.65. The van der Waals surface area contributed by atoms with Gasteiger partial charge in [-0.2, -0.15) is 0 Å². The molecule has 1 aliphatic heterocycles. The smallest absolute Gasteiger partial charge is 0.410 e. The molecule has 0 saturated carbocycles. The molecule has 0 saturated heterocycles. The fraction of sp³-hybridized carbons (Fsp3) is 0.750. The van der Waals surface area contributed by atoms with Gasteiger partial charge in [-0.3, -0.25) is 4.79 Å². The molecule has 0 N–H and O–H groups in total. The van der Waals surface area contributed by atoms with Gasteiger partial charge in [0.1, 0.15) is 5.60 Å². The third-order valence-electron chi connectivity index (χ3n) is 3.10. The van der Waals surface area contributed by atoms with Crippen molar-refractivity contribution in [3.63, 3.8) is 0 Å². The number of allylic oxidation sites excluding steroid dienone is 2. The van der Waals surface area contributed by atoms with Crippen LogP contribution in [0.3, 0.4) is 0 Å². The van der Waals surface area contributed by atoms with E-state index < -0.39 is 5.60 Å². The summed E-state index contributed by atoms with van der Waals surface area (Å²) in [5.74, 6) is -0.579. The molecular weight excluding hydrogens is 270 g/mol. The molecule has 0 radical (unpaired) electrons. The fourth-order valence-corrected chi connectivity index (χ4v) is 2.13. The van der Waals surface area contributed by atoms with Crippen LogP contribution in [0.4, 0.5) is 4.79 Å². The molecule has 0 aromatic carbocycles. The average Bonchev–Trinajstić information content (AvgIpc) is 2.48. The van der Waals surface area contributed by atoms with Crippen LogP contribution in [0.2, 0.25) is 0 Å². The second kappa shape index (κ2) is 8.05. The van der Waals surface area contributed by atoms with Gasteiger partial charge < -0.3 is 14.4 Å². The molecule has 1 rings (SSSR count). The SMILES string of the molecule is CCOC(=O)C1C/C=C\CCCN(C(=O)OC(C)(C)C)C1. The molecule has 0 spiro atoms. The largest absolute Gasteiger partial charge is 0.466 e. The summed E-state index contributed by atoms with van der Waals surface area (Å²) in [6.07, 6.45) is 6.06. The van der Waals surface area contributed by atoms with Crippen LogP contribution in [0.15, 0.2) is 12.2 Å². The standard InChI is InChI=1S/C16H27NO4/c1-5-20-14(18)13-10-8-6-7-9-11-17(12-13)15(19)21-16(2,3)4/h6,8,13H,5,7,9-12H2,1-4H3/b8-6-. The summed E-state index contributed by atoms with van der Waals surface area (Å²) >= 11 is 0. The van der Waals surface area contributed by atoms with Crippen molar-refractivity contribution >= 4 is 12.1 Å². The van der Waals surface area contributed by atoms with Crippen LogP contribution in [0.25, 0.3) is 0 Å². The predicted molar refractivity (Wildman–Crippen MR) is 80.9 cm³/mol. The normalized spacial score (nSPS) is 21.7. The van der Waals surface area contributed by atoms with Gasteiger partial charge in [-0.1, -0.05) is 12.2 Å². The lowest BCUT2D eigenvalue weighted by atomic mass is 10.1. The van der Waals surface area contributed by atoms with Crippen molar-refractivity contribution < 1.29 is 19.1 Å². The summed E-state index contributed by atoms with van der Waals surface area (Å²) in [7, 11) is 0. The van der Waals surface area contributed by atoms with Crippen LogP contribution < -0.4 is 0 Å². The average molecular weight is 297 g/mol. The highest BCUT2D eigenvalue weighted by Gasteiger charge is 2.28. The molecule has 0 aliphatic carbocycles. The zero-order valence-electron chi connectivity index (χ0n) is 13.6. The second-order valence-corrected chi connectivity index (χ2v) is 6.22. The van der Waals surface area contributed by atoms with E-state index >= 15 is 0 Å². The highest BCUT2D eigenvalue weighted by molar-refractivity contribution is 5.74. The molecule has 1 unspecified atom stereocenters. The number of carbonyl (C=O) groups excluding carboxylic acids is 2. The van der Waals surface area contributed by atoms with Crippen LogP contribution in [0.5, 0.6) is 0 Å². The van der Waals surface area contributed by atoms with Gasteiger partial charge in [-0.15, -0.1) is 0 Å². The Balaban J connectivity index is 2.76. The minimum absolute atomic E-state index is 0.252. The maximum atomic E-state index is 12.2. The quantitative estimate of drug-likeness (QED) is 0.580. The van der Waals surface area contributed by atoms with Crippen molar-refractivity contribution in [2.45, 2.75) is 52.6 Å². The number of hydrogen-bond donors (Lipinski definition) is 0. The lowest BCUT2D eigenvalue weighted by molar-refractivity contribution is -0.148. The van der Waals surface area contributed by atoms with Crippen LogP contribution in [-0.4, -0.2) is 42.3 Å². The molecule has 1 heterocycles. The van der Waals surface area contributed by atoms with E-state index in [0.29, 0.717) is 26.1 Å². The monoisotopic (exact) mass is 297 g/mol. The van der Waals surface area contributed by atoms with Crippen LogP contribution >= 0.6 is 0 Å². The predicted octanol–water partition coefficient (Wildman–Crippen LogP) is 3.14. The Morgan fingerprint density at radius 1 is 1.29 bits per heavy atom. The van der Waals surface area contributed by atoms with Gasteiger partial charge in [0.25, 0.3) is 0 Å². The zero-order valence-corrected chi connectivity index (χ0v) is 13.6. The first kappa shape index (κ1) is 17.5. The summed E-state index contributed by atoms with van der Waals surface area (Å²) in [5.41, 5.74) is -0.535. The van der Waals surface area contributed by atoms with E-state index in [1.807, 2.05) is 26.8 Å². The number of esters is 1. The first-order valence-corrected chi connectivity index (χ1v) is 7.63. The Bertz CT molecular complexity index is 384. The van der Waals surface area contributed by atoms with Gasteiger partial charge >= 0.3 is 12.1 Å². The van der Waals surface area contributed by atoms with Crippen LogP contribution in [0.1, 0.15) is 47.0 Å². The molecule has 5 nitrogen and oxygen atoms in total. The Kier molecular flexibility index (Phi) is 6.72. The Labute approximate surface area is 127 Å². The van der Waals surface area contributed by atoms with Crippen LogP contribution in [-0.2, 0) is 14.3 Å². The van der Waals surface area contributed by atoms with E-state index in [2.05, 4.69) is 6.08 Å². The highest BCUT2D eigenvalue weighted by Crippen LogP contribution is 2.17. The molecule has 1 aliphatic rings. The maximum absolute atomic E-state index is 12.2. The first-order chi connectivity index (χ1) is 9.83. The molecule has 1 atom stereocenters. The molecule has 0 aromatic rings. The lowest BCUT2D eigenvalue weighted by Crippen LogP contribution is -2.41. The Morgan fingerprint density at radius 2 is 2.00 bits per heavy atom. The molecule has 1 amide bonds. The first-order valence-electron chi connectivity index (χ1n) is 7.63. The van der Waals surface area contributed by atoms with Crippen molar-refractivity contribution in [1.82, 2.24) is 4.90 Å². The summed E-state index contributed by atoms with van der Waals surface area (Å²) in [6.45, 7) is 8.59. The van der Waals surface area contributed by atoms with E-state index in [1.54, 1.807) is 11.8 Å². The maximum Gasteiger partial charge on any atom is 0.410 e. The van der Waals surface area contributed by atoms with Crippen molar-refractivity contribution in [3.8, 4) is 0 Å². The van der Waals surface area contributed by atoms with Gasteiger partial charge in [0.15, 0.2) is 0 Å². The molecule has 0 bridgehead atoms. The lowest BCUT2D eigenvalue weighted by Gasteiger charge is -2.29. The minimum Gasteiger partial charge on any atom is -0.466 e. The number of rotatable bonds is 2. The summed E-state index contributed by atoms with van der Waals surface area (Å²) in [6, 6.07) is 0. The molecule has 0 aromatic heterocycles. The number of hydrogen-bond acceptors (Lipinski definition) is 4. The van der Waals surface area contributed by atoms with Crippen molar-refractivity contribution in [2.24, 2.45) is 5.92 Å². The number of carbonyl (C=O) groups is 2. The topological polar surface area (TPSA) is 55.8 Å².